The lowest BCUT2D eigenvalue weighted by Crippen LogP contribution is -2.60. The maximum atomic E-state index is 13.7. The Bertz CT molecular complexity index is 2530. The first-order chi connectivity index (χ1) is 30.3. The van der Waals surface area contributed by atoms with E-state index >= 15 is 0 Å². The molecule has 10 rings (SSSR count). The highest BCUT2D eigenvalue weighted by atomic mass is 19.3. The summed E-state index contributed by atoms with van der Waals surface area (Å²) < 4.78 is 40.9. The highest BCUT2D eigenvalue weighted by Gasteiger charge is 2.47. The SMILES string of the molecule is COc1cc(-c2cn(C)c(=O)c3cnc(N4CC(F)(F)C4)cc23)cc(OC)c1CN1CCC(CN2CCC3(CC2)CN(c2ccc4c(c2)C(=O)N(C2CCC(=O)NC2=O)C4)C3)CC1. The van der Waals surface area contributed by atoms with E-state index in [9.17, 15) is 28.0 Å². The van der Waals surface area contributed by atoms with E-state index < -0.39 is 25.1 Å². The maximum absolute atomic E-state index is 13.7. The Morgan fingerprint density at radius 3 is 2.21 bits per heavy atom. The first-order valence-electron chi connectivity index (χ1n) is 22.1. The van der Waals surface area contributed by atoms with Crippen molar-refractivity contribution < 1.29 is 32.6 Å². The number of methoxy groups -OCH3 is 2. The smallest absolute Gasteiger partial charge is 0.282 e. The van der Waals surface area contributed by atoms with Crippen molar-refractivity contribution in [3.05, 3.63) is 75.8 Å². The predicted molar refractivity (Wildman–Crippen MR) is 233 cm³/mol. The van der Waals surface area contributed by atoms with Gasteiger partial charge in [-0.1, -0.05) is 6.07 Å². The summed E-state index contributed by atoms with van der Waals surface area (Å²) in [7, 11) is 4.99. The molecule has 4 aromatic rings. The summed E-state index contributed by atoms with van der Waals surface area (Å²) in [5, 5.41) is 3.42. The fourth-order valence-electron chi connectivity index (χ4n) is 10.8. The lowest BCUT2D eigenvalue weighted by Gasteiger charge is -2.55. The van der Waals surface area contributed by atoms with Gasteiger partial charge in [-0.3, -0.25) is 29.4 Å². The van der Waals surface area contributed by atoms with E-state index in [2.05, 4.69) is 31.1 Å². The predicted octanol–water partition coefficient (Wildman–Crippen LogP) is 4.65. The molecule has 0 aliphatic carbocycles. The van der Waals surface area contributed by atoms with Gasteiger partial charge in [0, 0.05) is 86.2 Å². The van der Waals surface area contributed by atoms with E-state index in [1.54, 1.807) is 38.4 Å². The lowest BCUT2D eigenvalue weighted by atomic mass is 9.71. The van der Waals surface area contributed by atoms with Gasteiger partial charge in [0.15, 0.2) is 0 Å². The van der Waals surface area contributed by atoms with Crippen molar-refractivity contribution in [2.75, 3.05) is 82.9 Å². The molecule has 14 nitrogen and oxygen atoms in total. The van der Waals surface area contributed by atoms with Crippen LogP contribution in [0, 0.1) is 11.3 Å². The van der Waals surface area contributed by atoms with Crippen molar-refractivity contribution in [1.82, 2.24) is 29.6 Å². The molecular formula is C47H54F2N8O6. The van der Waals surface area contributed by atoms with Gasteiger partial charge in [-0.15, -0.1) is 0 Å². The van der Waals surface area contributed by atoms with Gasteiger partial charge in [0.25, 0.3) is 17.4 Å². The molecule has 0 radical (unpaired) electrons. The standard InChI is InChI=1S/C47H54F2N8O6/c1-52-23-36(34-19-41(50-20-35(34)44(52)60)56-27-47(48,49)28-56)31-16-39(62-2)37(40(17-31)63-3)24-53-12-8-29(9-13-53)21-54-14-10-46(11-15-54)25-55(26-46)32-5-4-30-22-57(45(61)33(30)18-32)38-6-7-42(58)51-43(38)59/h4-5,16-20,23,29,38H,6-15,21-22,24-28H2,1-3H3,(H,51,58,59). The number of halogens is 2. The van der Waals surface area contributed by atoms with Gasteiger partial charge in [-0.05, 0) is 106 Å². The van der Waals surface area contributed by atoms with Crippen LogP contribution in [0.3, 0.4) is 0 Å². The van der Waals surface area contributed by atoms with E-state index in [-0.39, 0.29) is 29.7 Å². The highest BCUT2D eigenvalue weighted by molar-refractivity contribution is 6.05. The summed E-state index contributed by atoms with van der Waals surface area (Å²) >= 11 is 0. The third-order valence-corrected chi connectivity index (χ3v) is 14.6. The number of hydrogen-bond donors (Lipinski definition) is 1. The first-order valence-corrected chi connectivity index (χ1v) is 22.1. The Kier molecular flexibility index (Phi) is 10.4. The number of alkyl halides is 2. The number of carbonyl (C=O) groups is 3. The summed E-state index contributed by atoms with van der Waals surface area (Å²) in [5.74, 6) is -1.14. The number of hydrogen-bond acceptors (Lipinski definition) is 11. The zero-order valence-corrected chi connectivity index (χ0v) is 36.1. The van der Waals surface area contributed by atoms with Crippen molar-refractivity contribution in [2.45, 2.75) is 63.6 Å². The molecule has 1 N–H and O–H groups in total. The molecule has 6 aliphatic heterocycles. The van der Waals surface area contributed by atoms with Gasteiger partial charge < -0.3 is 33.6 Å². The molecule has 1 atom stereocenters. The molecule has 332 valence electrons. The normalized spacial score (nSPS) is 22.6. The Labute approximate surface area is 364 Å². The molecule has 16 heteroatoms. The van der Waals surface area contributed by atoms with E-state index in [4.69, 9.17) is 9.47 Å². The van der Waals surface area contributed by atoms with Crippen molar-refractivity contribution in [3.63, 3.8) is 0 Å². The molecule has 3 amide bonds. The zero-order chi connectivity index (χ0) is 43.8. The lowest BCUT2D eigenvalue weighted by molar-refractivity contribution is -0.136. The van der Waals surface area contributed by atoms with Crippen LogP contribution in [0.25, 0.3) is 21.9 Å². The summed E-state index contributed by atoms with van der Waals surface area (Å²) in [6.45, 7) is 7.46. The molecule has 8 heterocycles. The molecule has 5 fully saturated rings. The van der Waals surface area contributed by atoms with E-state index in [0.29, 0.717) is 64.5 Å². The molecule has 0 bridgehead atoms. The number of carbonyl (C=O) groups excluding carboxylic acids is 3. The monoisotopic (exact) mass is 864 g/mol. The minimum Gasteiger partial charge on any atom is -0.496 e. The van der Waals surface area contributed by atoms with Crippen LogP contribution < -0.4 is 30.1 Å². The van der Waals surface area contributed by atoms with E-state index in [1.807, 2.05) is 24.3 Å². The Morgan fingerprint density at radius 2 is 1.54 bits per heavy atom. The molecule has 6 aliphatic rings. The van der Waals surface area contributed by atoms with Crippen LogP contribution in [0.15, 0.2) is 53.6 Å². The number of nitrogens with one attached hydrogen (secondary N) is 1. The number of ether oxygens (including phenoxy) is 2. The molecule has 0 saturated carbocycles. The number of amides is 3. The van der Waals surface area contributed by atoms with Crippen LogP contribution in [0.4, 0.5) is 20.3 Å². The highest BCUT2D eigenvalue weighted by Crippen LogP contribution is 2.45. The number of aryl methyl sites for hydroxylation is 1. The minimum absolute atomic E-state index is 0.130. The van der Waals surface area contributed by atoms with Gasteiger partial charge in [0.2, 0.25) is 11.8 Å². The van der Waals surface area contributed by atoms with Crippen molar-refractivity contribution in [1.29, 1.82) is 0 Å². The third-order valence-electron chi connectivity index (χ3n) is 14.6. The van der Waals surface area contributed by atoms with E-state index in [0.717, 1.165) is 99.4 Å². The molecule has 63 heavy (non-hydrogen) atoms. The number of nitrogens with zero attached hydrogens (tertiary/aromatic N) is 7. The van der Waals surface area contributed by atoms with Crippen LogP contribution in [-0.4, -0.2) is 127 Å². The number of fused-ring (bicyclic) bond motifs is 2. The second-order valence-electron chi connectivity index (χ2n) is 18.7. The molecular weight excluding hydrogens is 811 g/mol. The molecule has 2 aromatic carbocycles. The Morgan fingerprint density at radius 1 is 0.825 bits per heavy atom. The van der Waals surface area contributed by atoms with Crippen LogP contribution >= 0.6 is 0 Å². The van der Waals surface area contributed by atoms with Gasteiger partial charge in [-0.2, -0.15) is 0 Å². The molecule has 1 unspecified atom stereocenters. The first kappa shape index (κ1) is 41.4. The van der Waals surface area contributed by atoms with E-state index in [1.165, 1.54) is 15.7 Å². The van der Waals surface area contributed by atoms with Crippen LogP contribution in [0.2, 0.25) is 0 Å². The Balaban J connectivity index is 0.730. The Hall–Kier alpha value is -5.61. The molecule has 2 aromatic heterocycles. The fraction of sp³-hybridized carbons (Fsp3) is 0.511. The number of imide groups is 1. The van der Waals surface area contributed by atoms with Gasteiger partial charge in [0.05, 0.1) is 38.3 Å². The van der Waals surface area contributed by atoms with Gasteiger partial charge in [0.1, 0.15) is 23.4 Å². The number of benzene rings is 2. The maximum Gasteiger partial charge on any atom is 0.282 e. The summed E-state index contributed by atoms with van der Waals surface area (Å²) in [5.41, 5.74) is 5.24. The molecule has 5 saturated heterocycles. The van der Waals surface area contributed by atoms with Gasteiger partial charge >= 0.3 is 0 Å². The number of anilines is 2. The average molecular weight is 865 g/mol. The third kappa shape index (κ3) is 7.68. The zero-order valence-electron chi connectivity index (χ0n) is 36.1. The second kappa shape index (κ2) is 15.9. The van der Waals surface area contributed by atoms with Crippen molar-refractivity contribution in [2.24, 2.45) is 18.4 Å². The average Bonchev–Trinajstić information content (AvgIpc) is 3.58. The largest absolute Gasteiger partial charge is 0.496 e. The van der Waals surface area contributed by atoms with Crippen molar-refractivity contribution in [3.8, 4) is 22.6 Å². The summed E-state index contributed by atoms with van der Waals surface area (Å²) in [4.78, 5) is 65.7. The number of piperidine rings is 3. The van der Waals surface area contributed by atoms with Crippen LogP contribution in [0.5, 0.6) is 11.5 Å². The topological polar surface area (TPSA) is 133 Å². The summed E-state index contributed by atoms with van der Waals surface area (Å²) in [6, 6.07) is 11.2. The fourth-order valence-corrected chi connectivity index (χ4v) is 10.8. The second-order valence-corrected chi connectivity index (χ2v) is 18.7. The number of pyridine rings is 2. The van der Waals surface area contributed by atoms with Crippen molar-refractivity contribution >= 4 is 40.0 Å². The van der Waals surface area contributed by atoms with Gasteiger partial charge in [-0.25, -0.2) is 13.8 Å². The number of rotatable bonds is 10. The summed E-state index contributed by atoms with van der Waals surface area (Å²) in [6.07, 6.45) is 8.40. The quantitative estimate of drug-likeness (QED) is 0.224. The number of likely N-dealkylation sites (tertiary alicyclic amines) is 2. The molecule has 1 spiro atoms. The van der Waals surface area contributed by atoms with Crippen LogP contribution in [-0.2, 0) is 29.7 Å². The number of aromatic nitrogens is 2. The minimum atomic E-state index is -2.75. The van der Waals surface area contributed by atoms with Crippen LogP contribution in [0.1, 0.15) is 60.0 Å².